The third kappa shape index (κ3) is 2.77. The van der Waals surface area contributed by atoms with Crippen LogP contribution in [0.1, 0.15) is 42.0 Å². The van der Waals surface area contributed by atoms with Gasteiger partial charge in [0.15, 0.2) is 0 Å². The molecule has 1 saturated carbocycles. The van der Waals surface area contributed by atoms with Gasteiger partial charge in [0.25, 0.3) is 0 Å². The maximum Gasteiger partial charge on any atom is 0.226 e. The minimum absolute atomic E-state index is 0.0527. The third-order valence-electron chi connectivity index (χ3n) is 5.34. The van der Waals surface area contributed by atoms with Crippen molar-refractivity contribution in [1.82, 2.24) is 4.90 Å². The van der Waals surface area contributed by atoms with Crippen molar-refractivity contribution in [2.75, 3.05) is 6.54 Å². The number of carbonyl (C=O) groups excluding carboxylic acids is 1. The molecule has 24 heavy (non-hydrogen) atoms. The van der Waals surface area contributed by atoms with E-state index in [0.29, 0.717) is 5.92 Å². The fourth-order valence-corrected chi connectivity index (χ4v) is 4.11. The lowest BCUT2D eigenvalue weighted by atomic mass is 9.93. The summed E-state index contributed by atoms with van der Waals surface area (Å²) in [6, 6.07) is 13.1. The average Bonchev–Trinajstić information content (AvgIpc) is 3.36. The molecule has 3 atom stereocenters. The van der Waals surface area contributed by atoms with Crippen LogP contribution >= 0.6 is 15.9 Å². The number of benzene rings is 2. The Morgan fingerprint density at radius 2 is 1.96 bits per heavy atom. The van der Waals surface area contributed by atoms with Crippen LogP contribution in [0.2, 0.25) is 0 Å². The van der Waals surface area contributed by atoms with Crippen molar-refractivity contribution in [2.24, 2.45) is 5.92 Å². The van der Waals surface area contributed by atoms with Gasteiger partial charge in [0.1, 0.15) is 5.82 Å². The highest BCUT2D eigenvalue weighted by atomic mass is 79.9. The lowest BCUT2D eigenvalue weighted by molar-refractivity contribution is -0.135. The molecule has 124 valence electrons. The molecule has 0 spiro atoms. The largest absolute Gasteiger partial charge is 0.335 e. The molecule has 1 heterocycles. The second kappa shape index (κ2) is 5.99. The highest BCUT2D eigenvalue weighted by molar-refractivity contribution is 9.10. The number of hydrogen-bond acceptors (Lipinski definition) is 1. The van der Waals surface area contributed by atoms with Crippen molar-refractivity contribution in [1.29, 1.82) is 0 Å². The van der Waals surface area contributed by atoms with Crippen LogP contribution in [0.25, 0.3) is 0 Å². The molecule has 1 fully saturated rings. The zero-order chi connectivity index (χ0) is 16.8. The number of amides is 1. The molecule has 2 aromatic rings. The number of hydrogen-bond donors (Lipinski definition) is 0. The van der Waals surface area contributed by atoms with Crippen molar-refractivity contribution in [2.45, 2.75) is 31.7 Å². The summed E-state index contributed by atoms with van der Waals surface area (Å²) in [5.74, 6) is 0.384. The normalized spacial score (nSPS) is 25.3. The highest BCUT2D eigenvalue weighted by Gasteiger charge is 2.47. The molecule has 2 aromatic carbocycles. The van der Waals surface area contributed by atoms with Crippen molar-refractivity contribution < 1.29 is 9.18 Å². The van der Waals surface area contributed by atoms with Gasteiger partial charge in [0.2, 0.25) is 5.91 Å². The van der Waals surface area contributed by atoms with Gasteiger partial charge in [-0.1, -0.05) is 34.1 Å². The first kappa shape index (κ1) is 15.8. The Morgan fingerprint density at radius 1 is 1.21 bits per heavy atom. The van der Waals surface area contributed by atoms with Crippen LogP contribution < -0.4 is 0 Å². The van der Waals surface area contributed by atoms with Crippen LogP contribution in [-0.2, 0) is 11.2 Å². The quantitative estimate of drug-likeness (QED) is 0.721. The molecule has 0 N–H and O–H groups in total. The van der Waals surface area contributed by atoms with Gasteiger partial charge in [0, 0.05) is 16.9 Å². The molecule has 0 aromatic heterocycles. The Kier molecular flexibility index (Phi) is 3.95. The average molecular weight is 388 g/mol. The molecular formula is C20H19BrFNO. The maximum atomic E-state index is 13.6. The molecule has 1 amide bonds. The van der Waals surface area contributed by atoms with E-state index in [4.69, 9.17) is 0 Å². The number of nitrogens with zero attached hydrogens (tertiary/aromatic N) is 1. The zero-order valence-electron chi connectivity index (χ0n) is 13.5. The first-order chi connectivity index (χ1) is 11.5. The minimum Gasteiger partial charge on any atom is -0.335 e. The van der Waals surface area contributed by atoms with Gasteiger partial charge in [-0.25, -0.2) is 4.39 Å². The van der Waals surface area contributed by atoms with Crippen molar-refractivity contribution >= 4 is 21.8 Å². The Balaban J connectivity index is 1.51. The standard InChI is InChI=1S/C20H19BrFNO/c1-12-17-10-16(22)7-4-14(17)8-9-23(12)20(24)19-11-18(19)13-2-5-15(21)6-3-13/h2-7,10,12,18-19H,8-9,11H2,1H3. The molecule has 1 aliphatic carbocycles. The highest BCUT2D eigenvalue weighted by Crippen LogP contribution is 2.49. The van der Waals surface area contributed by atoms with Crippen LogP contribution in [0, 0.1) is 11.7 Å². The summed E-state index contributed by atoms with van der Waals surface area (Å²) >= 11 is 3.44. The number of carbonyl (C=O) groups is 1. The Labute approximate surface area is 149 Å². The Bertz CT molecular complexity index is 789. The Hall–Kier alpha value is -1.68. The topological polar surface area (TPSA) is 20.3 Å². The first-order valence-electron chi connectivity index (χ1n) is 8.39. The SMILES string of the molecule is CC1c2cc(F)ccc2CCN1C(=O)C1CC1c1ccc(Br)cc1. The molecule has 0 radical (unpaired) electrons. The van der Waals surface area contributed by atoms with Crippen LogP contribution in [0.4, 0.5) is 4.39 Å². The summed E-state index contributed by atoms with van der Waals surface area (Å²) in [6.07, 6.45) is 1.72. The summed E-state index contributed by atoms with van der Waals surface area (Å²) in [7, 11) is 0. The number of halogens is 2. The molecule has 2 nitrogen and oxygen atoms in total. The summed E-state index contributed by atoms with van der Waals surface area (Å²) in [5.41, 5.74) is 3.34. The molecular weight excluding hydrogens is 369 g/mol. The monoisotopic (exact) mass is 387 g/mol. The fraction of sp³-hybridized carbons (Fsp3) is 0.350. The summed E-state index contributed by atoms with van der Waals surface area (Å²) < 4.78 is 14.6. The summed E-state index contributed by atoms with van der Waals surface area (Å²) in [6.45, 7) is 2.73. The maximum absolute atomic E-state index is 13.6. The van der Waals surface area contributed by atoms with E-state index in [1.807, 2.05) is 30.0 Å². The van der Waals surface area contributed by atoms with E-state index in [-0.39, 0.29) is 23.7 Å². The van der Waals surface area contributed by atoms with Crippen LogP contribution in [0.15, 0.2) is 46.9 Å². The van der Waals surface area contributed by atoms with Crippen LogP contribution in [-0.4, -0.2) is 17.4 Å². The summed E-state index contributed by atoms with van der Waals surface area (Å²) in [5, 5.41) is 0. The van der Waals surface area contributed by atoms with E-state index in [1.54, 1.807) is 6.07 Å². The molecule has 4 heteroatoms. The van der Waals surface area contributed by atoms with E-state index in [9.17, 15) is 9.18 Å². The molecule has 4 rings (SSSR count). The predicted molar refractivity (Wildman–Crippen MR) is 95.2 cm³/mol. The van der Waals surface area contributed by atoms with Gasteiger partial charge in [-0.2, -0.15) is 0 Å². The molecule has 2 aliphatic rings. The second-order valence-electron chi connectivity index (χ2n) is 6.80. The van der Waals surface area contributed by atoms with E-state index < -0.39 is 0 Å². The van der Waals surface area contributed by atoms with E-state index in [2.05, 4.69) is 28.1 Å². The predicted octanol–water partition coefficient (Wildman–Crippen LogP) is 4.84. The lowest BCUT2D eigenvalue weighted by Gasteiger charge is -2.35. The van der Waals surface area contributed by atoms with Gasteiger partial charge in [-0.15, -0.1) is 0 Å². The van der Waals surface area contributed by atoms with Gasteiger partial charge in [0.05, 0.1) is 6.04 Å². The van der Waals surface area contributed by atoms with Gasteiger partial charge in [-0.3, -0.25) is 4.79 Å². The van der Waals surface area contributed by atoms with E-state index in [0.717, 1.165) is 35.0 Å². The Morgan fingerprint density at radius 3 is 2.71 bits per heavy atom. The van der Waals surface area contributed by atoms with E-state index in [1.165, 1.54) is 11.6 Å². The summed E-state index contributed by atoms with van der Waals surface area (Å²) in [4.78, 5) is 14.9. The van der Waals surface area contributed by atoms with Gasteiger partial charge in [-0.05, 0) is 66.6 Å². The number of rotatable bonds is 2. The molecule has 0 bridgehead atoms. The third-order valence-corrected chi connectivity index (χ3v) is 5.87. The molecule has 3 unspecified atom stereocenters. The second-order valence-corrected chi connectivity index (χ2v) is 7.72. The van der Waals surface area contributed by atoms with Crippen molar-refractivity contribution in [3.8, 4) is 0 Å². The van der Waals surface area contributed by atoms with Crippen molar-refractivity contribution in [3.05, 3.63) is 69.4 Å². The minimum atomic E-state index is -0.228. The van der Waals surface area contributed by atoms with Crippen LogP contribution in [0.3, 0.4) is 0 Å². The fourth-order valence-electron chi connectivity index (χ4n) is 3.85. The van der Waals surface area contributed by atoms with E-state index >= 15 is 0 Å². The lowest BCUT2D eigenvalue weighted by Crippen LogP contribution is -2.40. The van der Waals surface area contributed by atoms with Gasteiger partial charge < -0.3 is 4.90 Å². The smallest absolute Gasteiger partial charge is 0.226 e. The van der Waals surface area contributed by atoms with Crippen molar-refractivity contribution in [3.63, 3.8) is 0 Å². The molecule has 0 saturated heterocycles. The number of fused-ring (bicyclic) bond motifs is 1. The van der Waals surface area contributed by atoms with Gasteiger partial charge >= 0.3 is 0 Å². The zero-order valence-corrected chi connectivity index (χ0v) is 15.1. The molecule has 1 aliphatic heterocycles. The first-order valence-corrected chi connectivity index (χ1v) is 9.18. The van der Waals surface area contributed by atoms with Crippen LogP contribution in [0.5, 0.6) is 0 Å².